The molecule has 3 N–H and O–H groups in total. The Morgan fingerprint density at radius 3 is 2.81 bits per heavy atom. The Balaban J connectivity index is 2.66. The zero-order valence-corrected chi connectivity index (χ0v) is 9.18. The van der Waals surface area contributed by atoms with Gasteiger partial charge in [-0.1, -0.05) is 11.6 Å². The number of H-pyrrole nitrogens is 1. The molecule has 0 aliphatic carbocycles. The summed E-state index contributed by atoms with van der Waals surface area (Å²) in [5, 5.41) is 6.36. The molecule has 0 aliphatic rings. The molecule has 4 nitrogen and oxygen atoms in total. The summed E-state index contributed by atoms with van der Waals surface area (Å²) in [4.78, 5) is 0. The standard InChI is InChI=1S/C10H9ClFN3O/c1-16-7-3-2-5(11)10(12)9(7)6-4-8(13)15-14-6/h2-4H,1H3,(H3,13,14,15). The second kappa shape index (κ2) is 4.02. The fraction of sp³-hybridized carbons (Fsp3) is 0.100. The highest BCUT2D eigenvalue weighted by molar-refractivity contribution is 6.31. The molecule has 0 amide bonds. The minimum atomic E-state index is -0.565. The maximum atomic E-state index is 13.8. The first-order chi connectivity index (χ1) is 7.63. The van der Waals surface area contributed by atoms with Crippen LogP contribution in [0.25, 0.3) is 11.3 Å². The molecule has 0 bridgehead atoms. The molecule has 84 valence electrons. The van der Waals surface area contributed by atoms with E-state index in [0.717, 1.165) is 0 Å². The molecule has 0 atom stereocenters. The summed E-state index contributed by atoms with van der Waals surface area (Å²) in [7, 11) is 1.45. The average molecular weight is 242 g/mol. The summed E-state index contributed by atoms with van der Waals surface area (Å²) >= 11 is 5.70. The van der Waals surface area contributed by atoms with E-state index in [9.17, 15) is 4.39 Å². The molecule has 16 heavy (non-hydrogen) atoms. The van der Waals surface area contributed by atoms with E-state index in [2.05, 4.69) is 10.2 Å². The monoisotopic (exact) mass is 241 g/mol. The number of rotatable bonds is 2. The molecule has 1 aromatic heterocycles. The van der Waals surface area contributed by atoms with Gasteiger partial charge < -0.3 is 10.5 Å². The highest BCUT2D eigenvalue weighted by atomic mass is 35.5. The molecule has 0 aliphatic heterocycles. The van der Waals surface area contributed by atoms with Crippen molar-refractivity contribution in [1.29, 1.82) is 0 Å². The first kappa shape index (κ1) is 10.8. The molecule has 6 heteroatoms. The molecule has 2 aromatic rings. The molecular formula is C10H9ClFN3O. The molecule has 0 unspecified atom stereocenters. The lowest BCUT2D eigenvalue weighted by atomic mass is 10.1. The van der Waals surface area contributed by atoms with Gasteiger partial charge in [-0.3, -0.25) is 5.10 Å². The fourth-order valence-electron chi connectivity index (χ4n) is 1.42. The lowest BCUT2D eigenvalue weighted by molar-refractivity contribution is 0.413. The topological polar surface area (TPSA) is 63.9 Å². The molecule has 1 heterocycles. The van der Waals surface area contributed by atoms with Gasteiger partial charge in [-0.2, -0.15) is 5.10 Å². The van der Waals surface area contributed by atoms with Crippen molar-refractivity contribution in [2.75, 3.05) is 12.8 Å². The van der Waals surface area contributed by atoms with Crippen LogP contribution in [0.4, 0.5) is 10.2 Å². The van der Waals surface area contributed by atoms with Gasteiger partial charge in [0, 0.05) is 6.07 Å². The summed E-state index contributed by atoms with van der Waals surface area (Å²) in [5.74, 6) is 0.0756. The number of aromatic amines is 1. The number of nitrogens with zero attached hydrogens (tertiary/aromatic N) is 1. The van der Waals surface area contributed by atoms with Crippen LogP contribution in [0.2, 0.25) is 5.02 Å². The lowest BCUT2D eigenvalue weighted by Crippen LogP contribution is -1.93. The summed E-state index contributed by atoms with van der Waals surface area (Å²) in [6.07, 6.45) is 0. The van der Waals surface area contributed by atoms with Crippen molar-refractivity contribution in [2.45, 2.75) is 0 Å². The Kier molecular flexibility index (Phi) is 2.70. The van der Waals surface area contributed by atoms with E-state index in [1.165, 1.54) is 19.2 Å². The van der Waals surface area contributed by atoms with E-state index in [0.29, 0.717) is 11.4 Å². The molecule has 0 saturated heterocycles. The van der Waals surface area contributed by atoms with Crippen molar-refractivity contribution in [1.82, 2.24) is 10.2 Å². The van der Waals surface area contributed by atoms with Crippen LogP contribution in [0.1, 0.15) is 0 Å². The minimum absolute atomic E-state index is 0.0176. The highest BCUT2D eigenvalue weighted by Crippen LogP contribution is 2.35. The van der Waals surface area contributed by atoms with Crippen molar-refractivity contribution >= 4 is 17.4 Å². The largest absolute Gasteiger partial charge is 0.496 e. The van der Waals surface area contributed by atoms with Crippen molar-refractivity contribution in [3.8, 4) is 17.0 Å². The first-order valence-corrected chi connectivity index (χ1v) is 4.84. The van der Waals surface area contributed by atoms with Crippen LogP contribution in [-0.2, 0) is 0 Å². The van der Waals surface area contributed by atoms with Crippen LogP contribution in [-0.4, -0.2) is 17.3 Å². The van der Waals surface area contributed by atoms with E-state index in [1.807, 2.05) is 0 Å². The maximum absolute atomic E-state index is 13.8. The van der Waals surface area contributed by atoms with E-state index in [4.69, 9.17) is 22.1 Å². The SMILES string of the molecule is COc1ccc(Cl)c(F)c1-c1cc(N)n[nH]1. The number of methoxy groups -OCH3 is 1. The minimum Gasteiger partial charge on any atom is -0.496 e. The van der Waals surface area contributed by atoms with Gasteiger partial charge in [0.05, 0.1) is 23.4 Å². The highest BCUT2D eigenvalue weighted by Gasteiger charge is 2.16. The number of benzene rings is 1. The second-order valence-corrected chi connectivity index (χ2v) is 3.55. The summed E-state index contributed by atoms with van der Waals surface area (Å²) in [5.41, 5.74) is 6.10. The third kappa shape index (κ3) is 1.69. The number of nitrogens with one attached hydrogen (secondary N) is 1. The van der Waals surface area contributed by atoms with Crippen LogP contribution in [0.3, 0.4) is 0 Å². The van der Waals surface area contributed by atoms with Gasteiger partial charge in [-0.15, -0.1) is 0 Å². The van der Waals surface area contributed by atoms with Gasteiger partial charge in [0.15, 0.2) is 5.82 Å². The molecule has 0 spiro atoms. The number of nitrogen functional groups attached to an aromatic ring is 1. The predicted molar refractivity (Wildman–Crippen MR) is 60.0 cm³/mol. The maximum Gasteiger partial charge on any atom is 0.154 e. The van der Waals surface area contributed by atoms with Gasteiger partial charge in [-0.25, -0.2) is 4.39 Å². The van der Waals surface area contributed by atoms with Crippen LogP contribution in [0.15, 0.2) is 18.2 Å². The second-order valence-electron chi connectivity index (χ2n) is 3.15. The van der Waals surface area contributed by atoms with E-state index in [-0.39, 0.29) is 16.4 Å². The number of hydrogen-bond donors (Lipinski definition) is 2. The fourth-order valence-corrected chi connectivity index (χ4v) is 1.58. The first-order valence-electron chi connectivity index (χ1n) is 4.46. The molecular weight excluding hydrogens is 233 g/mol. The molecule has 1 aromatic carbocycles. The van der Waals surface area contributed by atoms with Crippen LogP contribution < -0.4 is 10.5 Å². The Hall–Kier alpha value is -1.75. The molecule has 0 fully saturated rings. The Morgan fingerprint density at radius 2 is 2.25 bits per heavy atom. The lowest BCUT2D eigenvalue weighted by Gasteiger charge is -2.08. The molecule has 0 saturated carbocycles. The van der Waals surface area contributed by atoms with Crippen LogP contribution >= 0.6 is 11.6 Å². The number of halogens is 2. The van der Waals surface area contributed by atoms with E-state index < -0.39 is 5.82 Å². The number of ether oxygens (including phenoxy) is 1. The zero-order chi connectivity index (χ0) is 11.7. The number of anilines is 1. The van der Waals surface area contributed by atoms with Gasteiger partial charge in [0.1, 0.15) is 11.6 Å². The number of hydrogen-bond acceptors (Lipinski definition) is 3. The van der Waals surface area contributed by atoms with Crippen molar-refractivity contribution in [3.63, 3.8) is 0 Å². The zero-order valence-electron chi connectivity index (χ0n) is 8.42. The molecule has 0 radical (unpaired) electrons. The van der Waals surface area contributed by atoms with Gasteiger partial charge in [0.2, 0.25) is 0 Å². The van der Waals surface area contributed by atoms with Gasteiger partial charge in [-0.05, 0) is 12.1 Å². The predicted octanol–water partition coefficient (Wildman–Crippen LogP) is 2.46. The Labute approximate surface area is 96.2 Å². The molecule has 2 rings (SSSR count). The smallest absolute Gasteiger partial charge is 0.154 e. The third-order valence-corrected chi connectivity index (χ3v) is 2.44. The quantitative estimate of drug-likeness (QED) is 0.849. The van der Waals surface area contributed by atoms with E-state index in [1.54, 1.807) is 6.07 Å². The van der Waals surface area contributed by atoms with Gasteiger partial charge in [0.25, 0.3) is 0 Å². The van der Waals surface area contributed by atoms with Crippen molar-refractivity contribution in [2.24, 2.45) is 0 Å². The summed E-state index contributed by atoms with van der Waals surface area (Å²) < 4.78 is 18.9. The Bertz CT molecular complexity index is 527. The normalized spacial score (nSPS) is 10.4. The van der Waals surface area contributed by atoms with Crippen LogP contribution in [0.5, 0.6) is 5.75 Å². The van der Waals surface area contributed by atoms with Crippen LogP contribution in [0, 0.1) is 5.82 Å². The number of aromatic nitrogens is 2. The summed E-state index contributed by atoms with van der Waals surface area (Å²) in [6.45, 7) is 0. The Morgan fingerprint density at radius 1 is 1.50 bits per heavy atom. The summed E-state index contributed by atoms with van der Waals surface area (Å²) in [6, 6.07) is 4.52. The third-order valence-electron chi connectivity index (χ3n) is 2.14. The van der Waals surface area contributed by atoms with Crippen molar-refractivity contribution in [3.05, 3.63) is 29.0 Å². The average Bonchev–Trinajstić information content (AvgIpc) is 2.68. The number of nitrogens with two attached hydrogens (primary N) is 1. The van der Waals surface area contributed by atoms with E-state index >= 15 is 0 Å². The van der Waals surface area contributed by atoms with Gasteiger partial charge >= 0.3 is 0 Å². The van der Waals surface area contributed by atoms with Crippen molar-refractivity contribution < 1.29 is 9.13 Å².